The van der Waals surface area contributed by atoms with Crippen molar-refractivity contribution in [3.05, 3.63) is 71.8 Å². The van der Waals surface area contributed by atoms with Crippen molar-refractivity contribution in [3.63, 3.8) is 0 Å². The summed E-state index contributed by atoms with van der Waals surface area (Å²) in [6.07, 6.45) is 4.73. The molecule has 164 valence electrons. The fraction of sp³-hybridized carbons (Fsp3) is 0.370. The second-order valence-electron chi connectivity index (χ2n) is 9.47. The maximum Gasteiger partial charge on any atom is 0.191 e. The molecule has 0 heterocycles. The van der Waals surface area contributed by atoms with E-state index in [-0.39, 0.29) is 5.04 Å². The van der Waals surface area contributed by atoms with Crippen LogP contribution in [0.2, 0.25) is 18.1 Å². The van der Waals surface area contributed by atoms with Gasteiger partial charge < -0.3 is 9.33 Å². The Labute approximate surface area is 189 Å². The quantitative estimate of drug-likeness (QED) is 0.181. The Morgan fingerprint density at radius 2 is 1.65 bits per heavy atom. The van der Waals surface area contributed by atoms with Crippen LogP contribution in [0.4, 0.5) is 5.69 Å². The maximum atomic E-state index is 9.58. The van der Waals surface area contributed by atoms with E-state index >= 15 is 0 Å². The third-order valence-electron chi connectivity index (χ3n) is 6.13. The monoisotopic (exact) mass is 432 g/mol. The molecule has 0 aliphatic rings. The Hall–Kier alpha value is -2.61. The molecule has 0 unspecified atom stereocenters. The molecule has 0 radical (unpaired) electrons. The second kappa shape index (κ2) is 10.6. The summed E-state index contributed by atoms with van der Waals surface area (Å²) in [7, 11) is 0.437. The third-order valence-corrected chi connectivity index (χ3v) is 10.7. The SMILES string of the molecule is C=Cc1ccc(/C(C#N)=C/c2ccc(N(C)CCCO[Si](C)(C)C(C)(C)C)cc2)cc1. The molecule has 0 amide bonds. The number of hydrogen-bond acceptors (Lipinski definition) is 3. The van der Waals surface area contributed by atoms with Gasteiger partial charge in [0.05, 0.1) is 11.6 Å². The summed E-state index contributed by atoms with van der Waals surface area (Å²) in [6, 6.07) is 18.5. The summed E-state index contributed by atoms with van der Waals surface area (Å²) < 4.78 is 6.28. The molecule has 0 saturated carbocycles. The van der Waals surface area contributed by atoms with Crippen molar-refractivity contribution in [2.75, 3.05) is 25.1 Å². The Morgan fingerprint density at radius 3 is 2.16 bits per heavy atom. The number of allylic oxidation sites excluding steroid dienone is 1. The summed E-state index contributed by atoms with van der Waals surface area (Å²) in [6.45, 7) is 16.9. The lowest BCUT2D eigenvalue weighted by Crippen LogP contribution is -2.41. The van der Waals surface area contributed by atoms with Crippen molar-refractivity contribution >= 4 is 31.7 Å². The largest absolute Gasteiger partial charge is 0.417 e. The van der Waals surface area contributed by atoms with E-state index in [1.54, 1.807) is 6.08 Å². The van der Waals surface area contributed by atoms with E-state index in [1.807, 2.05) is 30.3 Å². The van der Waals surface area contributed by atoms with Gasteiger partial charge in [-0.15, -0.1) is 0 Å². The first-order valence-electron chi connectivity index (χ1n) is 10.9. The maximum absolute atomic E-state index is 9.58. The van der Waals surface area contributed by atoms with Crippen molar-refractivity contribution in [1.82, 2.24) is 0 Å². The summed E-state index contributed by atoms with van der Waals surface area (Å²) in [5.74, 6) is 0. The van der Waals surface area contributed by atoms with Gasteiger partial charge in [0, 0.05) is 25.9 Å². The summed E-state index contributed by atoms with van der Waals surface area (Å²) in [4.78, 5) is 2.25. The highest BCUT2D eigenvalue weighted by molar-refractivity contribution is 6.74. The molecule has 0 bridgehead atoms. The van der Waals surface area contributed by atoms with Crippen LogP contribution in [0.1, 0.15) is 43.9 Å². The number of hydrogen-bond donors (Lipinski definition) is 0. The van der Waals surface area contributed by atoms with Crippen molar-refractivity contribution in [2.24, 2.45) is 0 Å². The summed E-state index contributed by atoms with van der Waals surface area (Å²) >= 11 is 0. The minimum Gasteiger partial charge on any atom is -0.417 e. The zero-order chi connectivity index (χ0) is 23.1. The van der Waals surface area contributed by atoms with E-state index in [2.05, 4.69) is 82.7 Å². The number of rotatable bonds is 9. The fourth-order valence-electron chi connectivity index (χ4n) is 2.95. The molecule has 2 rings (SSSR count). The number of nitrogens with zero attached hydrogens (tertiary/aromatic N) is 2. The van der Waals surface area contributed by atoms with Crippen molar-refractivity contribution < 1.29 is 4.43 Å². The number of benzene rings is 2. The smallest absolute Gasteiger partial charge is 0.191 e. The summed E-state index contributed by atoms with van der Waals surface area (Å²) in [5.41, 5.74) is 4.79. The molecule has 0 N–H and O–H groups in total. The lowest BCUT2D eigenvalue weighted by atomic mass is 10.0. The topological polar surface area (TPSA) is 36.3 Å². The molecule has 3 nitrogen and oxygen atoms in total. The van der Waals surface area contributed by atoms with E-state index in [0.29, 0.717) is 5.57 Å². The molecule has 31 heavy (non-hydrogen) atoms. The van der Waals surface area contributed by atoms with Crippen LogP contribution in [0.3, 0.4) is 0 Å². The molecular weight excluding hydrogens is 396 g/mol. The molecule has 2 aromatic carbocycles. The van der Waals surface area contributed by atoms with Gasteiger partial charge in [0.1, 0.15) is 0 Å². The highest BCUT2D eigenvalue weighted by Gasteiger charge is 2.36. The van der Waals surface area contributed by atoms with Crippen LogP contribution in [-0.2, 0) is 4.43 Å². The Kier molecular flexibility index (Phi) is 8.44. The Balaban J connectivity index is 1.96. The second-order valence-corrected chi connectivity index (χ2v) is 14.3. The van der Waals surface area contributed by atoms with Gasteiger partial charge in [-0.25, -0.2) is 0 Å². The first-order valence-corrected chi connectivity index (χ1v) is 13.8. The molecule has 0 atom stereocenters. The average Bonchev–Trinajstić information content (AvgIpc) is 2.74. The molecule has 0 saturated heterocycles. The van der Waals surface area contributed by atoms with E-state index in [1.165, 1.54) is 5.69 Å². The minimum atomic E-state index is -1.67. The van der Waals surface area contributed by atoms with Gasteiger partial charge in [-0.2, -0.15) is 5.26 Å². The van der Waals surface area contributed by atoms with Crippen molar-refractivity contribution in [1.29, 1.82) is 5.26 Å². The molecule has 2 aromatic rings. The predicted molar refractivity (Wildman–Crippen MR) is 137 cm³/mol. The normalized spacial score (nSPS) is 12.4. The van der Waals surface area contributed by atoms with Crippen LogP contribution in [0, 0.1) is 11.3 Å². The van der Waals surface area contributed by atoms with Gasteiger partial charge in [0.25, 0.3) is 0 Å². The van der Waals surface area contributed by atoms with Gasteiger partial charge in [0.15, 0.2) is 8.32 Å². The molecular formula is C27H36N2OSi. The fourth-order valence-corrected chi connectivity index (χ4v) is 4.03. The molecule has 0 aromatic heterocycles. The molecule has 0 aliphatic carbocycles. The first kappa shape index (κ1) is 24.7. The van der Waals surface area contributed by atoms with Gasteiger partial charge >= 0.3 is 0 Å². The first-order chi connectivity index (χ1) is 14.6. The standard InChI is InChI=1S/C27H36N2OSi/c1-8-22-10-14-24(15-11-22)25(21-28)20-23-12-16-26(17-13-23)29(5)18-9-19-30-31(6,7)27(2,3)4/h8,10-17,20H,1,9,18-19H2,2-7H3/b25-20+. The van der Waals surface area contributed by atoms with Crippen molar-refractivity contribution in [3.8, 4) is 6.07 Å². The minimum absolute atomic E-state index is 0.248. The summed E-state index contributed by atoms with van der Waals surface area (Å²) in [5, 5.41) is 9.83. The Morgan fingerprint density at radius 1 is 1.06 bits per heavy atom. The average molecular weight is 433 g/mol. The van der Waals surface area contributed by atoms with Crippen LogP contribution in [0.5, 0.6) is 0 Å². The number of anilines is 1. The van der Waals surface area contributed by atoms with Gasteiger partial charge in [-0.1, -0.05) is 69.8 Å². The molecule has 4 heteroatoms. The van der Waals surface area contributed by atoms with E-state index in [9.17, 15) is 5.26 Å². The zero-order valence-corrected chi connectivity index (χ0v) is 20.9. The predicted octanol–water partition coefficient (Wildman–Crippen LogP) is 7.24. The van der Waals surface area contributed by atoms with Crippen LogP contribution < -0.4 is 4.90 Å². The lowest BCUT2D eigenvalue weighted by Gasteiger charge is -2.36. The molecule has 0 aliphatic heterocycles. The Bertz CT molecular complexity index is 929. The van der Waals surface area contributed by atoms with E-state index < -0.39 is 8.32 Å². The number of nitriles is 1. The van der Waals surface area contributed by atoms with Gasteiger partial charge in [0.2, 0.25) is 0 Å². The van der Waals surface area contributed by atoms with Crippen LogP contribution in [-0.4, -0.2) is 28.5 Å². The van der Waals surface area contributed by atoms with Crippen LogP contribution in [0.25, 0.3) is 17.7 Å². The molecule has 0 spiro atoms. The van der Waals surface area contributed by atoms with Gasteiger partial charge in [-0.3, -0.25) is 0 Å². The third kappa shape index (κ3) is 6.95. The van der Waals surface area contributed by atoms with E-state index in [0.717, 1.165) is 36.3 Å². The lowest BCUT2D eigenvalue weighted by molar-refractivity contribution is 0.284. The van der Waals surface area contributed by atoms with Crippen LogP contribution >= 0.6 is 0 Å². The van der Waals surface area contributed by atoms with Gasteiger partial charge in [-0.05, 0) is 59.5 Å². The molecule has 0 fully saturated rings. The van der Waals surface area contributed by atoms with Crippen LogP contribution in [0.15, 0.2) is 55.1 Å². The highest BCUT2D eigenvalue weighted by atomic mass is 28.4. The van der Waals surface area contributed by atoms with Crippen molar-refractivity contribution in [2.45, 2.75) is 45.3 Å². The zero-order valence-electron chi connectivity index (χ0n) is 19.9. The highest BCUT2D eigenvalue weighted by Crippen LogP contribution is 2.36. The van der Waals surface area contributed by atoms with E-state index in [4.69, 9.17) is 4.43 Å².